The minimum absolute atomic E-state index is 0.161. The lowest BCUT2D eigenvalue weighted by molar-refractivity contribution is 0.155. The highest BCUT2D eigenvalue weighted by molar-refractivity contribution is 9.10. The highest BCUT2D eigenvalue weighted by atomic mass is 79.9. The van der Waals surface area contributed by atoms with Crippen LogP contribution in [0.2, 0.25) is 0 Å². The molecule has 1 aromatic heterocycles. The van der Waals surface area contributed by atoms with E-state index < -0.39 is 6.09 Å². The molecule has 0 aliphatic heterocycles. The normalized spacial score (nSPS) is 10.3. The van der Waals surface area contributed by atoms with Gasteiger partial charge in [0.05, 0.1) is 0 Å². The number of hydrogen-bond donors (Lipinski definition) is 2. The number of rotatable bonds is 4. The van der Waals surface area contributed by atoms with Crippen molar-refractivity contribution in [3.8, 4) is 11.4 Å². The van der Waals surface area contributed by atoms with Crippen LogP contribution in [0.3, 0.4) is 0 Å². The van der Waals surface area contributed by atoms with Crippen molar-refractivity contribution in [2.75, 3.05) is 5.32 Å². The molecule has 0 spiro atoms. The standard InChI is InChI=1S/C16H13BrN4O2/c17-13-9-5-4-8-12(13)14-18-15(21-20-14)19-16(22)23-10-11-6-2-1-3-7-11/h1-9H,10H2,(H2,18,19,20,21,22). The van der Waals surface area contributed by atoms with E-state index in [0.29, 0.717) is 5.82 Å². The van der Waals surface area contributed by atoms with E-state index in [4.69, 9.17) is 4.74 Å². The van der Waals surface area contributed by atoms with Gasteiger partial charge in [0.2, 0.25) is 0 Å². The first kappa shape index (κ1) is 15.2. The second kappa shape index (κ2) is 7.06. The Hall–Kier alpha value is -2.67. The average molecular weight is 373 g/mol. The number of halogens is 1. The maximum atomic E-state index is 11.8. The van der Waals surface area contributed by atoms with E-state index in [1.165, 1.54) is 0 Å². The molecule has 23 heavy (non-hydrogen) atoms. The number of ether oxygens (including phenoxy) is 1. The lowest BCUT2D eigenvalue weighted by Crippen LogP contribution is -2.14. The molecule has 0 saturated carbocycles. The predicted octanol–water partition coefficient (Wildman–Crippen LogP) is 3.98. The number of carbonyl (C=O) groups is 1. The van der Waals surface area contributed by atoms with E-state index in [1.807, 2.05) is 54.6 Å². The number of hydrogen-bond acceptors (Lipinski definition) is 4. The Morgan fingerprint density at radius 3 is 2.65 bits per heavy atom. The number of aromatic nitrogens is 3. The predicted molar refractivity (Wildman–Crippen MR) is 89.8 cm³/mol. The van der Waals surface area contributed by atoms with E-state index in [9.17, 15) is 4.79 Å². The number of carbonyl (C=O) groups excluding carboxylic acids is 1. The summed E-state index contributed by atoms with van der Waals surface area (Å²) in [5, 5.41) is 9.23. The van der Waals surface area contributed by atoms with Gasteiger partial charge >= 0.3 is 6.09 Å². The van der Waals surface area contributed by atoms with Gasteiger partial charge in [0.25, 0.3) is 5.95 Å². The van der Waals surface area contributed by atoms with Crippen molar-refractivity contribution in [1.29, 1.82) is 0 Å². The van der Waals surface area contributed by atoms with Gasteiger partial charge in [-0.05, 0) is 11.6 Å². The molecule has 0 aliphatic rings. The summed E-state index contributed by atoms with van der Waals surface area (Å²) in [5.74, 6) is 0.713. The molecule has 0 unspecified atom stereocenters. The van der Waals surface area contributed by atoms with E-state index in [-0.39, 0.29) is 12.6 Å². The van der Waals surface area contributed by atoms with Crippen LogP contribution in [0, 0.1) is 0 Å². The van der Waals surface area contributed by atoms with Crippen LogP contribution in [-0.2, 0) is 11.3 Å². The first-order valence-corrected chi connectivity index (χ1v) is 7.66. The molecule has 0 saturated heterocycles. The van der Waals surface area contributed by atoms with Gasteiger partial charge < -0.3 is 4.74 Å². The van der Waals surface area contributed by atoms with Gasteiger partial charge in [0, 0.05) is 10.0 Å². The van der Waals surface area contributed by atoms with Gasteiger partial charge in [-0.3, -0.25) is 10.4 Å². The van der Waals surface area contributed by atoms with E-state index in [1.54, 1.807) is 0 Å². The van der Waals surface area contributed by atoms with Gasteiger partial charge in [-0.15, -0.1) is 5.10 Å². The molecule has 0 fully saturated rings. The summed E-state index contributed by atoms with van der Waals surface area (Å²) in [5.41, 5.74) is 1.76. The fourth-order valence-electron chi connectivity index (χ4n) is 1.94. The zero-order chi connectivity index (χ0) is 16.1. The number of amides is 1. The van der Waals surface area contributed by atoms with Gasteiger partial charge in [-0.25, -0.2) is 4.79 Å². The molecule has 116 valence electrons. The van der Waals surface area contributed by atoms with Crippen LogP contribution in [0.1, 0.15) is 5.56 Å². The third-order valence-electron chi connectivity index (χ3n) is 3.04. The Morgan fingerprint density at radius 1 is 1.13 bits per heavy atom. The van der Waals surface area contributed by atoms with Crippen molar-refractivity contribution < 1.29 is 9.53 Å². The third kappa shape index (κ3) is 3.95. The van der Waals surface area contributed by atoms with Gasteiger partial charge in [0.15, 0.2) is 5.82 Å². The molecule has 0 radical (unpaired) electrons. The van der Waals surface area contributed by atoms with Crippen LogP contribution in [0.15, 0.2) is 59.1 Å². The number of benzene rings is 2. The lowest BCUT2D eigenvalue weighted by Gasteiger charge is -2.04. The summed E-state index contributed by atoms with van der Waals surface area (Å²) in [6.45, 7) is 0.189. The molecule has 0 atom stereocenters. The zero-order valence-electron chi connectivity index (χ0n) is 12.0. The summed E-state index contributed by atoms with van der Waals surface area (Å²) < 4.78 is 6.00. The number of aromatic amines is 1. The maximum absolute atomic E-state index is 11.8. The van der Waals surface area contributed by atoms with Crippen LogP contribution in [0.25, 0.3) is 11.4 Å². The second-order valence-electron chi connectivity index (χ2n) is 4.67. The summed E-state index contributed by atoms with van der Waals surface area (Å²) in [6.07, 6.45) is -0.605. The van der Waals surface area contributed by atoms with Crippen molar-refractivity contribution in [3.63, 3.8) is 0 Å². The second-order valence-corrected chi connectivity index (χ2v) is 5.53. The molecule has 1 heterocycles. The molecule has 2 aromatic carbocycles. The summed E-state index contributed by atoms with van der Waals surface area (Å²) >= 11 is 3.44. The lowest BCUT2D eigenvalue weighted by atomic mass is 10.2. The Kier molecular flexibility index (Phi) is 4.68. The Balaban J connectivity index is 1.61. The van der Waals surface area contributed by atoms with Crippen molar-refractivity contribution in [2.45, 2.75) is 6.61 Å². The summed E-state index contributed by atoms with van der Waals surface area (Å²) in [4.78, 5) is 16.0. The molecular weight excluding hydrogens is 360 g/mol. The van der Waals surface area contributed by atoms with E-state index in [0.717, 1.165) is 15.6 Å². The number of anilines is 1. The molecule has 0 bridgehead atoms. The molecule has 0 aliphatic carbocycles. The Labute approximate surface area is 141 Å². The van der Waals surface area contributed by atoms with Crippen molar-refractivity contribution in [1.82, 2.24) is 15.2 Å². The summed E-state index contributed by atoms with van der Waals surface area (Å²) in [7, 11) is 0. The van der Waals surface area contributed by atoms with Crippen LogP contribution >= 0.6 is 15.9 Å². The summed E-state index contributed by atoms with van der Waals surface area (Å²) in [6, 6.07) is 17.0. The maximum Gasteiger partial charge on any atom is 0.414 e. The largest absolute Gasteiger partial charge is 0.444 e. The highest BCUT2D eigenvalue weighted by Gasteiger charge is 2.11. The van der Waals surface area contributed by atoms with Crippen LogP contribution < -0.4 is 5.32 Å². The van der Waals surface area contributed by atoms with Gasteiger partial charge in [-0.1, -0.05) is 64.5 Å². The Bertz CT molecular complexity index is 805. The minimum Gasteiger partial charge on any atom is -0.444 e. The van der Waals surface area contributed by atoms with Crippen molar-refractivity contribution in [3.05, 3.63) is 64.6 Å². The smallest absolute Gasteiger partial charge is 0.414 e. The number of nitrogens with zero attached hydrogens (tertiary/aromatic N) is 2. The Morgan fingerprint density at radius 2 is 1.87 bits per heavy atom. The number of H-pyrrole nitrogens is 1. The topological polar surface area (TPSA) is 79.9 Å². The SMILES string of the molecule is O=C(Nc1n[nH]c(-c2ccccc2Br)n1)OCc1ccccc1. The molecule has 3 rings (SSSR count). The molecular formula is C16H13BrN4O2. The molecule has 2 N–H and O–H groups in total. The monoisotopic (exact) mass is 372 g/mol. The number of nitrogens with one attached hydrogen (secondary N) is 2. The average Bonchev–Trinajstić information content (AvgIpc) is 3.02. The third-order valence-corrected chi connectivity index (χ3v) is 3.73. The van der Waals surface area contributed by atoms with Crippen LogP contribution in [0.5, 0.6) is 0 Å². The van der Waals surface area contributed by atoms with Gasteiger partial charge in [0.1, 0.15) is 6.61 Å². The molecule has 3 aromatic rings. The first-order chi connectivity index (χ1) is 11.2. The van der Waals surface area contributed by atoms with E-state index in [2.05, 4.69) is 36.4 Å². The highest BCUT2D eigenvalue weighted by Crippen LogP contribution is 2.25. The van der Waals surface area contributed by atoms with Gasteiger partial charge in [-0.2, -0.15) is 4.98 Å². The molecule has 6 nitrogen and oxygen atoms in total. The van der Waals surface area contributed by atoms with E-state index >= 15 is 0 Å². The zero-order valence-corrected chi connectivity index (χ0v) is 13.6. The molecule has 1 amide bonds. The molecule has 7 heteroatoms. The quantitative estimate of drug-likeness (QED) is 0.725. The fraction of sp³-hybridized carbons (Fsp3) is 0.0625. The van der Waals surface area contributed by atoms with Crippen molar-refractivity contribution in [2.24, 2.45) is 0 Å². The van der Waals surface area contributed by atoms with Crippen molar-refractivity contribution >= 4 is 28.0 Å². The minimum atomic E-state index is -0.605. The fourth-order valence-corrected chi connectivity index (χ4v) is 2.41. The van der Waals surface area contributed by atoms with Crippen LogP contribution in [0.4, 0.5) is 10.7 Å². The van der Waals surface area contributed by atoms with Crippen LogP contribution in [-0.4, -0.2) is 21.3 Å². The first-order valence-electron chi connectivity index (χ1n) is 6.87.